The topological polar surface area (TPSA) is 26.3 Å². The standard InChI is InChI=1S/C15H19BrO2/c1-15(2,9-16)10-18-12-6-7-13-11(8-12)4-3-5-14(13)17/h6-8H,3-5,9-10H2,1-2H3. The largest absolute Gasteiger partial charge is 0.493 e. The highest BCUT2D eigenvalue weighted by molar-refractivity contribution is 9.09. The van der Waals surface area contributed by atoms with Crippen molar-refractivity contribution < 1.29 is 9.53 Å². The fourth-order valence-electron chi connectivity index (χ4n) is 2.03. The number of ketones is 1. The number of alkyl halides is 1. The first-order valence-electron chi connectivity index (χ1n) is 6.37. The van der Waals surface area contributed by atoms with Gasteiger partial charge in [0.15, 0.2) is 5.78 Å². The maximum atomic E-state index is 11.7. The van der Waals surface area contributed by atoms with Crippen molar-refractivity contribution in [1.82, 2.24) is 0 Å². The SMILES string of the molecule is CC(C)(CBr)COc1ccc2c(c1)CCCC2=O. The molecule has 0 bridgehead atoms. The zero-order chi connectivity index (χ0) is 13.2. The Kier molecular flexibility index (Phi) is 4.10. The second kappa shape index (κ2) is 5.43. The Labute approximate surface area is 117 Å². The summed E-state index contributed by atoms with van der Waals surface area (Å²) >= 11 is 3.49. The Morgan fingerprint density at radius 2 is 2.11 bits per heavy atom. The van der Waals surface area contributed by atoms with E-state index < -0.39 is 0 Å². The summed E-state index contributed by atoms with van der Waals surface area (Å²) in [5, 5.41) is 0.906. The molecule has 0 unspecified atom stereocenters. The van der Waals surface area contributed by atoms with Gasteiger partial charge >= 0.3 is 0 Å². The molecule has 18 heavy (non-hydrogen) atoms. The number of Topliss-reactive ketones (excluding diaryl/α,β-unsaturated/α-hetero) is 1. The molecule has 0 amide bonds. The highest BCUT2D eigenvalue weighted by Gasteiger charge is 2.19. The molecule has 0 heterocycles. The summed E-state index contributed by atoms with van der Waals surface area (Å²) in [6.45, 7) is 4.98. The van der Waals surface area contributed by atoms with Crippen molar-refractivity contribution in [3.63, 3.8) is 0 Å². The van der Waals surface area contributed by atoms with E-state index >= 15 is 0 Å². The number of benzene rings is 1. The van der Waals surface area contributed by atoms with Crippen LogP contribution in [0.2, 0.25) is 0 Å². The molecular formula is C15H19BrO2. The molecule has 1 aliphatic rings. The first-order valence-corrected chi connectivity index (χ1v) is 7.49. The molecule has 0 aliphatic heterocycles. The summed E-state index contributed by atoms with van der Waals surface area (Å²) in [7, 11) is 0. The first kappa shape index (κ1) is 13.6. The van der Waals surface area contributed by atoms with E-state index in [1.165, 1.54) is 0 Å². The molecule has 0 spiro atoms. The van der Waals surface area contributed by atoms with E-state index in [1.807, 2.05) is 18.2 Å². The van der Waals surface area contributed by atoms with E-state index in [0.29, 0.717) is 13.0 Å². The number of carbonyl (C=O) groups excluding carboxylic acids is 1. The van der Waals surface area contributed by atoms with E-state index in [2.05, 4.69) is 29.8 Å². The van der Waals surface area contributed by atoms with Crippen molar-refractivity contribution in [3.05, 3.63) is 29.3 Å². The maximum absolute atomic E-state index is 11.7. The summed E-state index contributed by atoms with van der Waals surface area (Å²) in [6.07, 6.45) is 2.63. The smallest absolute Gasteiger partial charge is 0.163 e. The minimum atomic E-state index is 0.117. The number of halogens is 1. The van der Waals surface area contributed by atoms with Crippen LogP contribution in [0, 0.1) is 5.41 Å². The average molecular weight is 311 g/mol. The van der Waals surface area contributed by atoms with Crippen LogP contribution in [0.5, 0.6) is 5.75 Å². The van der Waals surface area contributed by atoms with Crippen molar-refractivity contribution in [2.45, 2.75) is 33.1 Å². The van der Waals surface area contributed by atoms with Crippen molar-refractivity contribution in [2.24, 2.45) is 5.41 Å². The number of carbonyl (C=O) groups is 1. The van der Waals surface area contributed by atoms with Crippen LogP contribution in [-0.4, -0.2) is 17.7 Å². The lowest BCUT2D eigenvalue weighted by atomic mass is 9.90. The number of ether oxygens (including phenoxy) is 1. The van der Waals surface area contributed by atoms with Gasteiger partial charge in [-0.2, -0.15) is 0 Å². The van der Waals surface area contributed by atoms with Crippen LogP contribution < -0.4 is 4.74 Å². The highest BCUT2D eigenvalue weighted by atomic mass is 79.9. The molecule has 1 aliphatic carbocycles. The molecule has 0 N–H and O–H groups in total. The molecule has 0 radical (unpaired) electrons. The van der Waals surface area contributed by atoms with Crippen LogP contribution in [0.1, 0.15) is 42.6 Å². The summed E-state index contributed by atoms with van der Waals surface area (Å²) in [5.74, 6) is 1.14. The predicted molar refractivity (Wildman–Crippen MR) is 76.8 cm³/mol. The fourth-order valence-corrected chi connectivity index (χ4v) is 2.19. The van der Waals surface area contributed by atoms with E-state index in [1.54, 1.807) is 0 Å². The van der Waals surface area contributed by atoms with Crippen LogP contribution in [-0.2, 0) is 6.42 Å². The minimum absolute atomic E-state index is 0.117. The molecule has 0 saturated heterocycles. The van der Waals surface area contributed by atoms with Crippen molar-refractivity contribution in [3.8, 4) is 5.75 Å². The molecule has 0 atom stereocenters. The summed E-state index contributed by atoms with van der Waals surface area (Å²) in [5.41, 5.74) is 2.14. The molecule has 0 aromatic heterocycles. The molecule has 0 fully saturated rings. The van der Waals surface area contributed by atoms with Gasteiger partial charge in [-0.25, -0.2) is 0 Å². The Bertz CT molecular complexity index is 452. The van der Waals surface area contributed by atoms with Gasteiger partial charge < -0.3 is 4.74 Å². The molecule has 2 rings (SSSR count). The number of rotatable bonds is 4. The third-order valence-corrected chi connectivity index (χ3v) is 4.74. The van der Waals surface area contributed by atoms with Crippen LogP contribution in [0.4, 0.5) is 0 Å². The van der Waals surface area contributed by atoms with Gasteiger partial charge in [0.2, 0.25) is 0 Å². The Morgan fingerprint density at radius 3 is 2.83 bits per heavy atom. The molecule has 3 heteroatoms. The van der Waals surface area contributed by atoms with Crippen molar-refractivity contribution >= 4 is 21.7 Å². The van der Waals surface area contributed by atoms with E-state index in [9.17, 15) is 4.79 Å². The third-order valence-electron chi connectivity index (χ3n) is 3.22. The van der Waals surface area contributed by atoms with Crippen LogP contribution in [0.15, 0.2) is 18.2 Å². The van der Waals surface area contributed by atoms with E-state index in [0.717, 1.165) is 35.0 Å². The molecule has 0 saturated carbocycles. The second-order valence-electron chi connectivity index (χ2n) is 5.68. The molecule has 2 nitrogen and oxygen atoms in total. The minimum Gasteiger partial charge on any atom is -0.493 e. The van der Waals surface area contributed by atoms with Gasteiger partial charge in [-0.05, 0) is 36.6 Å². The summed E-state index contributed by atoms with van der Waals surface area (Å²) in [6, 6.07) is 5.84. The Balaban J connectivity index is 2.10. The lowest BCUT2D eigenvalue weighted by molar-refractivity contribution is 0.0972. The second-order valence-corrected chi connectivity index (χ2v) is 6.24. The van der Waals surface area contributed by atoms with E-state index in [4.69, 9.17) is 4.74 Å². The zero-order valence-corrected chi connectivity index (χ0v) is 12.5. The van der Waals surface area contributed by atoms with Gasteiger partial charge in [0.05, 0.1) is 6.61 Å². The number of aryl methyl sites for hydroxylation is 1. The van der Waals surface area contributed by atoms with E-state index in [-0.39, 0.29) is 11.2 Å². The molecular weight excluding hydrogens is 292 g/mol. The zero-order valence-electron chi connectivity index (χ0n) is 11.0. The Hall–Kier alpha value is -0.830. The highest BCUT2D eigenvalue weighted by Crippen LogP contribution is 2.27. The van der Waals surface area contributed by atoms with Crippen LogP contribution in [0.3, 0.4) is 0 Å². The lowest BCUT2D eigenvalue weighted by Crippen LogP contribution is -2.23. The van der Waals surface area contributed by atoms with Gasteiger partial charge in [0.1, 0.15) is 5.75 Å². The number of hydrogen-bond acceptors (Lipinski definition) is 2. The monoisotopic (exact) mass is 310 g/mol. The van der Waals surface area contributed by atoms with Gasteiger partial charge in [-0.1, -0.05) is 29.8 Å². The summed E-state index contributed by atoms with van der Waals surface area (Å²) < 4.78 is 5.82. The lowest BCUT2D eigenvalue weighted by Gasteiger charge is -2.22. The summed E-state index contributed by atoms with van der Waals surface area (Å²) in [4.78, 5) is 11.7. The van der Waals surface area contributed by atoms with Gasteiger partial charge in [0.25, 0.3) is 0 Å². The van der Waals surface area contributed by atoms with Gasteiger partial charge in [-0.3, -0.25) is 4.79 Å². The molecule has 1 aromatic carbocycles. The number of hydrogen-bond donors (Lipinski definition) is 0. The molecule has 98 valence electrons. The van der Waals surface area contributed by atoms with Crippen molar-refractivity contribution in [1.29, 1.82) is 0 Å². The maximum Gasteiger partial charge on any atom is 0.163 e. The van der Waals surface area contributed by atoms with Crippen molar-refractivity contribution in [2.75, 3.05) is 11.9 Å². The molecule has 1 aromatic rings. The number of fused-ring (bicyclic) bond motifs is 1. The normalized spacial score (nSPS) is 15.4. The first-order chi connectivity index (χ1) is 8.52. The third kappa shape index (κ3) is 3.14. The van der Waals surface area contributed by atoms with Gasteiger partial charge in [0, 0.05) is 22.7 Å². The predicted octanol–water partition coefficient (Wildman–Crippen LogP) is 4.01. The van der Waals surface area contributed by atoms with Crippen LogP contribution in [0.25, 0.3) is 0 Å². The fraction of sp³-hybridized carbons (Fsp3) is 0.533. The van der Waals surface area contributed by atoms with Crippen LogP contribution >= 0.6 is 15.9 Å². The average Bonchev–Trinajstić information content (AvgIpc) is 2.37. The van der Waals surface area contributed by atoms with Gasteiger partial charge in [-0.15, -0.1) is 0 Å². The quantitative estimate of drug-likeness (QED) is 0.786. The Morgan fingerprint density at radius 1 is 1.33 bits per heavy atom.